The summed E-state index contributed by atoms with van der Waals surface area (Å²) in [6, 6.07) is 2.35. The van der Waals surface area contributed by atoms with Crippen LogP contribution in [0.4, 0.5) is 0 Å². The van der Waals surface area contributed by atoms with Crippen molar-refractivity contribution in [3.8, 4) is 6.07 Å². The van der Waals surface area contributed by atoms with Gasteiger partial charge in [0, 0.05) is 13.7 Å². The fraction of sp³-hybridized carbons (Fsp3) is 0.938. The first kappa shape index (κ1) is 14.9. The van der Waals surface area contributed by atoms with Crippen LogP contribution in [0.25, 0.3) is 0 Å². The topological polar surface area (TPSA) is 70.4 Å². The molecule has 3 aliphatic carbocycles. The number of hydrogen-bond donors (Lipinski definition) is 0. The van der Waals surface area contributed by atoms with Crippen molar-refractivity contribution in [1.82, 2.24) is 4.31 Å². The minimum Gasteiger partial charge on any atom is -0.379 e. The number of nitriles is 1. The predicted molar refractivity (Wildman–Crippen MR) is 81.3 cm³/mol. The van der Waals surface area contributed by atoms with Crippen LogP contribution in [0.15, 0.2) is 0 Å². The van der Waals surface area contributed by atoms with Crippen molar-refractivity contribution in [2.75, 3.05) is 19.4 Å². The zero-order chi connectivity index (χ0) is 15.5. The Morgan fingerprint density at radius 2 is 2.00 bits per heavy atom. The van der Waals surface area contributed by atoms with Gasteiger partial charge in [-0.25, -0.2) is 8.42 Å². The third-order valence-corrected chi connectivity index (χ3v) is 8.68. The zero-order valence-electron chi connectivity index (χ0n) is 13.1. The summed E-state index contributed by atoms with van der Waals surface area (Å²) < 4.78 is 33.5. The highest BCUT2D eigenvalue weighted by Crippen LogP contribution is 2.56. The van der Waals surface area contributed by atoms with Gasteiger partial charge in [-0.05, 0) is 43.4 Å². The number of fused-ring (bicyclic) bond motifs is 1. The van der Waals surface area contributed by atoms with E-state index in [9.17, 15) is 13.7 Å². The Morgan fingerprint density at radius 1 is 1.27 bits per heavy atom. The largest absolute Gasteiger partial charge is 0.379 e. The Morgan fingerprint density at radius 3 is 2.64 bits per heavy atom. The molecule has 1 aliphatic heterocycles. The normalized spacial score (nSPS) is 42.8. The summed E-state index contributed by atoms with van der Waals surface area (Å²) in [4.78, 5) is 0. The molecule has 0 spiro atoms. The smallest absolute Gasteiger partial charge is 0.216 e. The molecule has 0 aromatic rings. The quantitative estimate of drug-likeness (QED) is 0.790. The van der Waals surface area contributed by atoms with Crippen molar-refractivity contribution in [1.29, 1.82) is 5.26 Å². The lowest BCUT2D eigenvalue weighted by atomic mass is 9.88. The van der Waals surface area contributed by atoms with E-state index in [2.05, 4.69) is 6.07 Å². The molecule has 0 aromatic heterocycles. The second kappa shape index (κ2) is 4.93. The van der Waals surface area contributed by atoms with Gasteiger partial charge < -0.3 is 4.74 Å². The SMILES string of the molecule is COC1C2CC3CN(S(=O)(=O)CC4(C#N)CCCC4)C1C3C2. The van der Waals surface area contributed by atoms with Crippen LogP contribution in [-0.2, 0) is 14.8 Å². The molecule has 0 amide bonds. The molecule has 6 heteroatoms. The summed E-state index contributed by atoms with van der Waals surface area (Å²) in [7, 11) is -1.68. The van der Waals surface area contributed by atoms with Crippen LogP contribution in [0.3, 0.4) is 0 Å². The molecular weight excluding hydrogens is 300 g/mol. The summed E-state index contributed by atoms with van der Waals surface area (Å²) >= 11 is 0. The first-order valence-electron chi connectivity index (χ1n) is 8.43. The number of nitrogens with zero attached hydrogens (tertiary/aromatic N) is 2. The Kier molecular flexibility index (Phi) is 3.34. The summed E-state index contributed by atoms with van der Waals surface area (Å²) in [6.07, 6.45) is 5.67. The Balaban J connectivity index is 1.60. The summed E-state index contributed by atoms with van der Waals surface area (Å²) in [5.41, 5.74) is -0.652. The van der Waals surface area contributed by atoms with Crippen molar-refractivity contribution in [2.45, 2.75) is 50.7 Å². The number of methoxy groups -OCH3 is 1. The van der Waals surface area contributed by atoms with Gasteiger partial charge in [0.1, 0.15) is 0 Å². The van der Waals surface area contributed by atoms with Crippen LogP contribution in [-0.4, -0.2) is 44.3 Å². The van der Waals surface area contributed by atoms with Crippen LogP contribution < -0.4 is 0 Å². The molecule has 0 N–H and O–H groups in total. The fourth-order valence-electron chi connectivity index (χ4n) is 5.75. The van der Waals surface area contributed by atoms with Gasteiger partial charge in [-0.1, -0.05) is 12.8 Å². The summed E-state index contributed by atoms with van der Waals surface area (Å²) in [6.45, 7) is 0.648. The molecule has 3 saturated carbocycles. The monoisotopic (exact) mass is 324 g/mol. The van der Waals surface area contributed by atoms with Crippen molar-refractivity contribution in [3.63, 3.8) is 0 Å². The minimum atomic E-state index is -3.39. The summed E-state index contributed by atoms with van der Waals surface area (Å²) in [5.74, 6) is 1.53. The number of ether oxygens (including phenoxy) is 1. The van der Waals surface area contributed by atoms with E-state index in [0.717, 1.165) is 38.5 Å². The van der Waals surface area contributed by atoms with E-state index >= 15 is 0 Å². The van der Waals surface area contributed by atoms with E-state index < -0.39 is 15.4 Å². The minimum absolute atomic E-state index is 0.00748. The van der Waals surface area contributed by atoms with Gasteiger partial charge >= 0.3 is 0 Å². The standard InChI is InChI=1S/C16H24N2O3S/c1-21-15-11-6-12-8-18(14(15)13(12)7-11)22(19,20)10-16(9-17)4-2-3-5-16/h11-15H,2-8,10H2,1H3. The molecule has 0 radical (unpaired) electrons. The molecule has 5 atom stereocenters. The molecule has 5 nitrogen and oxygen atoms in total. The van der Waals surface area contributed by atoms with Gasteiger partial charge in [0.25, 0.3) is 0 Å². The maximum absolute atomic E-state index is 13.0. The highest BCUT2D eigenvalue weighted by atomic mass is 32.2. The molecule has 0 aromatic carbocycles. The second-order valence-corrected chi connectivity index (χ2v) is 9.69. The van der Waals surface area contributed by atoms with Crippen LogP contribution >= 0.6 is 0 Å². The number of sulfonamides is 1. The van der Waals surface area contributed by atoms with E-state index in [-0.39, 0.29) is 17.9 Å². The molecule has 4 fully saturated rings. The number of rotatable bonds is 4. The van der Waals surface area contributed by atoms with Crippen molar-refractivity contribution in [3.05, 3.63) is 0 Å². The van der Waals surface area contributed by atoms with Crippen LogP contribution in [0.1, 0.15) is 38.5 Å². The average molecular weight is 324 g/mol. The molecule has 1 heterocycles. The van der Waals surface area contributed by atoms with Crippen LogP contribution in [0, 0.1) is 34.5 Å². The van der Waals surface area contributed by atoms with Gasteiger partial charge in [0.15, 0.2) is 0 Å². The molecular formula is C16H24N2O3S. The van der Waals surface area contributed by atoms with Gasteiger partial charge in [-0.15, -0.1) is 0 Å². The summed E-state index contributed by atoms with van der Waals surface area (Å²) in [5, 5.41) is 9.51. The molecule has 2 bridgehead atoms. The second-order valence-electron chi connectivity index (χ2n) is 7.77. The Labute approximate surface area is 132 Å². The van der Waals surface area contributed by atoms with Crippen LogP contribution in [0.2, 0.25) is 0 Å². The van der Waals surface area contributed by atoms with Crippen molar-refractivity contribution >= 4 is 10.0 Å². The highest BCUT2D eigenvalue weighted by Gasteiger charge is 2.62. The molecule has 4 rings (SSSR count). The first-order chi connectivity index (χ1) is 10.5. The van der Waals surface area contributed by atoms with Gasteiger partial charge in [-0.3, -0.25) is 0 Å². The zero-order valence-corrected chi connectivity index (χ0v) is 13.9. The maximum Gasteiger partial charge on any atom is 0.216 e. The van der Waals surface area contributed by atoms with Gasteiger partial charge in [-0.2, -0.15) is 9.57 Å². The lowest BCUT2D eigenvalue weighted by Crippen LogP contribution is -2.47. The highest BCUT2D eigenvalue weighted by molar-refractivity contribution is 7.89. The molecule has 5 unspecified atom stereocenters. The lowest BCUT2D eigenvalue weighted by Gasteiger charge is -2.32. The first-order valence-corrected chi connectivity index (χ1v) is 10.0. The maximum atomic E-state index is 13.0. The lowest BCUT2D eigenvalue weighted by molar-refractivity contribution is 0.0264. The predicted octanol–water partition coefficient (Wildman–Crippen LogP) is 1.76. The van der Waals surface area contributed by atoms with E-state index in [1.807, 2.05) is 0 Å². The molecule has 1 saturated heterocycles. The van der Waals surface area contributed by atoms with Crippen molar-refractivity contribution < 1.29 is 13.2 Å². The Hall–Kier alpha value is -0.640. The molecule has 22 heavy (non-hydrogen) atoms. The number of hydrogen-bond acceptors (Lipinski definition) is 4. The molecule has 4 aliphatic rings. The molecule has 122 valence electrons. The van der Waals surface area contributed by atoms with Crippen LogP contribution in [0.5, 0.6) is 0 Å². The fourth-order valence-corrected chi connectivity index (χ4v) is 8.04. The van der Waals surface area contributed by atoms with E-state index in [1.165, 1.54) is 0 Å². The Bertz CT molecular complexity index is 603. The van der Waals surface area contributed by atoms with E-state index in [1.54, 1.807) is 11.4 Å². The van der Waals surface area contributed by atoms with E-state index in [0.29, 0.717) is 24.3 Å². The third-order valence-electron chi connectivity index (χ3n) is 6.66. The third kappa shape index (κ3) is 1.98. The van der Waals surface area contributed by atoms with E-state index in [4.69, 9.17) is 4.74 Å². The van der Waals surface area contributed by atoms with Gasteiger partial charge in [0.05, 0.1) is 29.4 Å². The van der Waals surface area contributed by atoms with Crippen molar-refractivity contribution in [2.24, 2.45) is 23.2 Å². The average Bonchev–Trinajstić information content (AvgIpc) is 3.18. The van der Waals surface area contributed by atoms with Gasteiger partial charge in [0.2, 0.25) is 10.0 Å².